The van der Waals surface area contributed by atoms with Gasteiger partial charge in [-0.05, 0) is 18.7 Å². The minimum Gasteiger partial charge on any atom is -0.368 e. The second-order valence-electron chi connectivity index (χ2n) is 5.12. The summed E-state index contributed by atoms with van der Waals surface area (Å²) in [6.45, 7) is 5.02. The van der Waals surface area contributed by atoms with E-state index in [1.165, 1.54) is 0 Å². The van der Waals surface area contributed by atoms with Gasteiger partial charge in [0.15, 0.2) is 0 Å². The number of aromatic nitrogens is 2. The lowest BCUT2D eigenvalue weighted by Gasteiger charge is -2.40. The molecule has 0 aliphatic carbocycles. The van der Waals surface area contributed by atoms with E-state index in [1.807, 2.05) is 36.4 Å². The van der Waals surface area contributed by atoms with E-state index in [9.17, 15) is 0 Å². The second kappa shape index (κ2) is 5.97. The quantitative estimate of drug-likeness (QED) is 0.774. The first kappa shape index (κ1) is 13.6. The number of benzene rings is 1. The average Bonchev–Trinajstić information content (AvgIpc) is 2.43. The van der Waals surface area contributed by atoms with E-state index in [-0.39, 0.29) is 5.95 Å². The highest BCUT2D eigenvalue weighted by Gasteiger charge is 2.27. The fourth-order valence-corrected chi connectivity index (χ4v) is 2.43. The van der Waals surface area contributed by atoms with Crippen molar-refractivity contribution in [2.75, 3.05) is 35.6 Å². The van der Waals surface area contributed by atoms with Crippen LogP contribution in [0.1, 0.15) is 6.92 Å². The molecule has 3 rings (SSSR count). The zero-order chi connectivity index (χ0) is 14.7. The Hall–Kier alpha value is -2.34. The molecule has 0 unspecified atom stereocenters. The van der Waals surface area contributed by atoms with Crippen LogP contribution in [0.3, 0.4) is 0 Å². The molecule has 110 valence electrons. The maximum Gasteiger partial charge on any atom is 0.223 e. The van der Waals surface area contributed by atoms with Crippen LogP contribution in [-0.4, -0.2) is 35.6 Å². The highest BCUT2D eigenvalue weighted by atomic mass is 15.3. The maximum absolute atomic E-state index is 5.82. The van der Waals surface area contributed by atoms with Crippen molar-refractivity contribution in [3.8, 4) is 0 Å². The molecule has 0 saturated carbocycles. The first-order valence-electron chi connectivity index (χ1n) is 7.19. The standard InChI is InChI=1S/C15H20N6/c1-2-17-12-9-21(10-12)14-8-13(19-15(16)20-14)18-11-6-4-3-5-7-11/h3-8,12,17H,2,9-10H2,1H3,(H3,16,18,19,20). The summed E-state index contributed by atoms with van der Waals surface area (Å²) in [7, 11) is 0. The Morgan fingerprint density at radius 1 is 1.24 bits per heavy atom. The first-order valence-corrected chi connectivity index (χ1v) is 7.19. The maximum atomic E-state index is 5.82. The number of anilines is 4. The molecule has 0 amide bonds. The fraction of sp³-hybridized carbons (Fsp3) is 0.333. The van der Waals surface area contributed by atoms with Crippen molar-refractivity contribution < 1.29 is 0 Å². The molecule has 0 bridgehead atoms. The van der Waals surface area contributed by atoms with Crippen LogP contribution in [-0.2, 0) is 0 Å². The number of hydrogen-bond donors (Lipinski definition) is 3. The molecule has 1 aliphatic rings. The Balaban J connectivity index is 1.72. The van der Waals surface area contributed by atoms with Crippen molar-refractivity contribution in [3.63, 3.8) is 0 Å². The lowest BCUT2D eigenvalue weighted by atomic mass is 10.1. The molecule has 0 spiro atoms. The molecule has 0 radical (unpaired) electrons. The van der Waals surface area contributed by atoms with Crippen molar-refractivity contribution in [1.29, 1.82) is 0 Å². The van der Waals surface area contributed by atoms with Crippen LogP contribution in [0.25, 0.3) is 0 Å². The summed E-state index contributed by atoms with van der Waals surface area (Å²) in [6, 6.07) is 12.4. The van der Waals surface area contributed by atoms with Crippen molar-refractivity contribution in [3.05, 3.63) is 36.4 Å². The van der Waals surface area contributed by atoms with Gasteiger partial charge in [-0.15, -0.1) is 0 Å². The van der Waals surface area contributed by atoms with Crippen molar-refractivity contribution in [2.24, 2.45) is 0 Å². The van der Waals surface area contributed by atoms with Crippen LogP contribution in [0, 0.1) is 0 Å². The molecule has 2 heterocycles. The summed E-state index contributed by atoms with van der Waals surface area (Å²) in [5, 5.41) is 6.67. The Labute approximate surface area is 124 Å². The van der Waals surface area contributed by atoms with Crippen LogP contribution < -0.4 is 21.3 Å². The molecule has 1 aromatic heterocycles. The number of nitrogens with zero attached hydrogens (tertiary/aromatic N) is 3. The third-order valence-corrected chi connectivity index (χ3v) is 3.47. The minimum absolute atomic E-state index is 0.290. The molecule has 1 saturated heterocycles. The molecule has 0 atom stereocenters. The van der Waals surface area contributed by atoms with Gasteiger partial charge in [0.05, 0.1) is 0 Å². The normalized spacial score (nSPS) is 14.8. The number of para-hydroxylation sites is 1. The van der Waals surface area contributed by atoms with Crippen molar-refractivity contribution in [1.82, 2.24) is 15.3 Å². The number of nitrogens with two attached hydrogens (primary N) is 1. The minimum atomic E-state index is 0.290. The van der Waals surface area contributed by atoms with Crippen LogP contribution in [0.4, 0.5) is 23.3 Å². The number of nitrogen functional groups attached to an aromatic ring is 1. The summed E-state index contributed by atoms with van der Waals surface area (Å²) >= 11 is 0. The van der Waals surface area contributed by atoms with Gasteiger partial charge in [-0.2, -0.15) is 9.97 Å². The molecule has 6 heteroatoms. The van der Waals surface area contributed by atoms with E-state index in [4.69, 9.17) is 5.73 Å². The van der Waals surface area contributed by atoms with Gasteiger partial charge in [-0.1, -0.05) is 25.1 Å². The summed E-state index contributed by atoms with van der Waals surface area (Å²) in [4.78, 5) is 10.8. The van der Waals surface area contributed by atoms with Crippen molar-refractivity contribution >= 4 is 23.3 Å². The zero-order valence-corrected chi connectivity index (χ0v) is 12.1. The Bertz CT molecular complexity index is 594. The van der Waals surface area contributed by atoms with E-state index in [0.29, 0.717) is 6.04 Å². The summed E-state index contributed by atoms with van der Waals surface area (Å²) in [5.74, 6) is 1.88. The van der Waals surface area contributed by atoms with E-state index in [0.717, 1.165) is 37.0 Å². The van der Waals surface area contributed by atoms with Gasteiger partial charge in [0.1, 0.15) is 11.6 Å². The predicted octanol–water partition coefficient (Wildman–Crippen LogP) is 1.60. The highest BCUT2D eigenvalue weighted by molar-refractivity contribution is 5.61. The number of likely N-dealkylation sites (N-methyl/N-ethyl adjacent to an activating group) is 1. The molecule has 21 heavy (non-hydrogen) atoms. The SMILES string of the molecule is CCNC1CN(c2cc(Nc3ccccc3)nc(N)n2)C1. The first-order chi connectivity index (χ1) is 10.2. The van der Waals surface area contributed by atoms with Gasteiger partial charge in [-0.25, -0.2) is 0 Å². The van der Waals surface area contributed by atoms with E-state index in [2.05, 4.69) is 32.4 Å². The van der Waals surface area contributed by atoms with E-state index < -0.39 is 0 Å². The molecule has 6 nitrogen and oxygen atoms in total. The third kappa shape index (κ3) is 3.22. The van der Waals surface area contributed by atoms with Crippen LogP contribution in [0.2, 0.25) is 0 Å². The number of hydrogen-bond acceptors (Lipinski definition) is 6. The molecule has 2 aromatic rings. The molecular formula is C15H20N6. The van der Waals surface area contributed by atoms with Crippen LogP contribution in [0.15, 0.2) is 36.4 Å². The molecule has 1 fully saturated rings. The van der Waals surface area contributed by atoms with Gasteiger partial charge in [0.2, 0.25) is 5.95 Å². The third-order valence-electron chi connectivity index (χ3n) is 3.47. The summed E-state index contributed by atoms with van der Waals surface area (Å²) in [6.07, 6.45) is 0. The summed E-state index contributed by atoms with van der Waals surface area (Å²) < 4.78 is 0. The number of rotatable bonds is 5. The fourth-order valence-electron chi connectivity index (χ4n) is 2.43. The lowest BCUT2D eigenvalue weighted by molar-refractivity contribution is 0.427. The smallest absolute Gasteiger partial charge is 0.223 e. The van der Waals surface area contributed by atoms with E-state index >= 15 is 0 Å². The monoisotopic (exact) mass is 284 g/mol. The van der Waals surface area contributed by atoms with Gasteiger partial charge in [-0.3, -0.25) is 0 Å². The lowest BCUT2D eigenvalue weighted by Crippen LogP contribution is -2.58. The molecule has 4 N–H and O–H groups in total. The Kier molecular flexibility index (Phi) is 3.87. The summed E-state index contributed by atoms with van der Waals surface area (Å²) in [5.41, 5.74) is 6.80. The van der Waals surface area contributed by atoms with Gasteiger partial charge >= 0.3 is 0 Å². The second-order valence-corrected chi connectivity index (χ2v) is 5.12. The van der Waals surface area contributed by atoms with Crippen LogP contribution >= 0.6 is 0 Å². The van der Waals surface area contributed by atoms with Crippen molar-refractivity contribution in [2.45, 2.75) is 13.0 Å². The highest BCUT2D eigenvalue weighted by Crippen LogP contribution is 2.23. The van der Waals surface area contributed by atoms with Crippen LogP contribution in [0.5, 0.6) is 0 Å². The average molecular weight is 284 g/mol. The zero-order valence-electron chi connectivity index (χ0n) is 12.1. The predicted molar refractivity (Wildman–Crippen MR) is 85.8 cm³/mol. The van der Waals surface area contributed by atoms with Gasteiger partial charge in [0, 0.05) is 30.9 Å². The topological polar surface area (TPSA) is 79.1 Å². The van der Waals surface area contributed by atoms with E-state index in [1.54, 1.807) is 0 Å². The Morgan fingerprint density at radius 3 is 2.71 bits per heavy atom. The Morgan fingerprint density at radius 2 is 2.00 bits per heavy atom. The molecular weight excluding hydrogens is 264 g/mol. The number of nitrogens with one attached hydrogen (secondary N) is 2. The molecule has 1 aromatic carbocycles. The van der Waals surface area contributed by atoms with Gasteiger partial charge in [0.25, 0.3) is 0 Å². The van der Waals surface area contributed by atoms with Gasteiger partial charge < -0.3 is 21.3 Å². The largest absolute Gasteiger partial charge is 0.368 e. The molecule has 1 aliphatic heterocycles.